The smallest absolute Gasteiger partial charge is 0.268 e. The van der Waals surface area contributed by atoms with Crippen LogP contribution in [-0.4, -0.2) is 16.4 Å². The first-order valence-corrected chi connectivity index (χ1v) is 12.6. The molecule has 6 heteroatoms. The van der Waals surface area contributed by atoms with Gasteiger partial charge < -0.3 is 4.57 Å². The molecular formula is C34H18N4O2. The largest absolute Gasteiger partial charge is 0.308 e. The van der Waals surface area contributed by atoms with Gasteiger partial charge in [0, 0.05) is 10.8 Å². The van der Waals surface area contributed by atoms with E-state index in [4.69, 9.17) is 0 Å². The fraction of sp³-hybridized carbons (Fsp3) is 0. The molecule has 0 saturated heterocycles. The molecular weight excluding hydrogens is 496 g/mol. The third kappa shape index (κ3) is 3.34. The van der Waals surface area contributed by atoms with Crippen molar-refractivity contribution in [1.82, 2.24) is 4.57 Å². The summed E-state index contributed by atoms with van der Waals surface area (Å²) in [7, 11) is 0. The topological polar surface area (TPSA) is 89.9 Å². The first-order chi connectivity index (χ1) is 19.6. The van der Waals surface area contributed by atoms with Crippen molar-refractivity contribution < 1.29 is 9.59 Å². The van der Waals surface area contributed by atoms with E-state index < -0.39 is 0 Å². The van der Waals surface area contributed by atoms with E-state index in [2.05, 4.69) is 12.1 Å². The molecule has 0 fully saturated rings. The van der Waals surface area contributed by atoms with E-state index in [9.17, 15) is 20.1 Å². The summed E-state index contributed by atoms with van der Waals surface area (Å²) in [6.45, 7) is 0. The summed E-state index contributed by atoms with van der Waals surface area (Å²) in [5.41, 5.74) is 6.13. The highest BCUT2D eigenvalue weighted by Crippen LogP contribution is 2.39. The number of fused-ring (bicyclic) bond motifs is 4. The van der Waals surface area contributed by atoms with Gasteiger partial charge in [-0.3, -0.25) is 9.59 Å². The number of aromatic nitrogens is 1. The molecule has 40 heavy (non-hydrogen) atoms. The standard InChI is InChI=1S/C34H18N4O2/c35-19-21-15-22(20-36)17-24(16-21)23-13-14-30-28(18-23)26-9-4-5-11-29(26)38(30)31-12-6-10-27-32(31)34(40)37(33(27)39)25-7-2-1-3-8-25/h1-18H. The second kappa shape index (κ2) is 8.80. The van der Waals surface area contributed by atoms with E-state index >= 15 is 0 Å². The van der Waals surface area contributed by atoms with Crippen molar-refractivity contribution in [3.8, 4) is 29.0 Å². The number of anilines is 1. The average molecular weight is 515 g/mol. The molecule has 0 atom stereocenters. The number of para-hydroxylation sites is 2. The molecule has 1 aromatic heterocycles. The number of rotatable bonds is 3. The second-order valence-corrected chi connectivity index (χ2v) is 9.59. The van der Waals surface area contributed by atoms with Crippen molar-refractivity contribution in [3.05, 3.63) is 131 Å². The molecule has 7 rings (SSSR count). The number of carbonyl (C=O) groups is 2. The monoisotopic (exact) mass is 514 g/mol. The van der Waals surface area contributed by atoms with Crippen LogP contribution < -0.4 is 4.90 Å². The lowest BCUT2D eigenvalue weighted by Crippen LogP contribution is -2.29. The molecule has 0 radical (unpaired) electrons. The Morgan fingerprint density at radius 1 is 0.575 bits per heavy atom. The van der Waals surface area contributed by atoms with Gasteiger partial charge in [0.1, 0.15) is 0 Å². The molecule has 6 aromatic rings. The molecule has 1 aliphatic heterocycles. The maximum absolute atomic E-state index is 13.8. The van der Waals surface area contributed by atoms with Gasteiger partial charge >= 0.3 is 0 Å². The quantitative estimate of drug-likeness (QED) is 0.238. The number of carbonyl (C=O) groups excluding carboxylic acids is 2. The van der Waals surface area contributed by atoms with Crippen molar-refractivity contribution >= 4 is 39.3 Å². The maximum atomic E-state index is 13.8. The van der Waals surface area contributed by atoms with Gasteiger partial charge in [-0.25, -0.2) is 4.90 Å². The molecule has 5 aromatic carbocycles. The van der Waals surface area contributed by atoms with E-state index in [1.807, 2.05) is 59.2 Å². The Bertz CT molecular complexity index is 2100. The number of benzene rings is 5. The minimum Gasteiger partial charge on any atom is -0.308 e. The molecule has 0 saturated carbocycles. The Balaban J connectivity index is 1.46. The lowest BCUT2D eigenvalue weighted by Gasteiger charge is -2.14. The van der Waals surface area contributed by atoms with Crippen molar-refractivity contribution in [2.45, 2.75) is 0 Å². The van der Waals surface area contributed by atoms with Crippen molar-refractivity contribution in [3.63, 3.8) is 0 Å². The van der Waals surface area contributed by atoms with Gasteiger partial charge in [-0.15, -0.1) is 0 Å². The minimum atomic E-state index is -0.360. The lowest BCUT2D eigenvalue weighted by atomic mass is 9.99. The molecule has 0 spiro atoms. The zero-order chi connectivity index (χ0) is 27.4. The Hall–Kier alpha value is -5.98. The second-order valence-electron chi connectivity index (χ2n) is 9.59. The van der Waals surface area contributed by atoms with E-state index in [0.717, 1.165) is 32.9 Å². The van der Waals surface area contributed by atoms with Crippen LogP contribution in [0.15, 0.2) is 109 Å². The van der Waals surface area contributed by atoms with Gasteiger partial charge in [-0.2, -0.15) is 10.5 Å². The van der Waals surface area contributed by atoms with Crippen LogP contribution in [0.25, 0.3) is 38.6 Å². The van der Waals surface area contributed by atoms with Gasteiger partial charge in [-0.1, -0.05) is 48.5 Å². The number of hydrogen-bond donors (Lipinski definition) is 0. The zero-order valence-electron chi connectivity index (χ0n) is 21.0. The molecule has 1 aliphatic rings. The highest BCUT2D eigenvalue weighted by atomic mass is 16.2. The van der Waals surface area contributed by atoms with Gasteiger partial charge in [0.2, 0.25) is 0 Å². The van der Waals surface area contributed by atoms with Crippen LogP contribution in [0, 0.1) is 22.7 Å². The van der Waals surface area contributed by atoms with Crippen LogP contribution in [0.3, 0.4) is 0 Å². The fourth-order valence-corrected chi connectivity index (χ4v) is 5.60. The van der Waals surface area contributed by atoms with E-state index in [-0.39, 0.29) is 11.8 Å². The van der Waals surface area contributed by atoms with Crippen LogP contribution >= 0.6 is 0 Å². The Morgan fingerprint density at radius 2 is 1.27 bits per heavy atom. The van der Waals surface area contributed by atoms with Gasteiger partial charge in [0.05, 0.1) is 56.8 Å². The fourth-order valence-electron chi connectivity index (χ4n) is 5.60. The number of hydrogen-bond acceptors (Lipinski definition) is 4. The van der Waals surface area contributed by atoms with Crippen LogP contribution in [0.5, 0.6) is 0 Å². The summed E-state index contributed by atoms with van der Waals surface area (Å²) in [6, 6.07) is 37.6. The molecule has 0 N–H and O–H groups in total. The number of amides is 2. The first kappa shape index (κ1) is 23.2. The highest BCUT2D eigenvalue weighted by Gasteiger charge is 2.39. The lowest BCUT2D eigenvalue weighted by molar-refractivity contribution is 0.0926. The Morgan fingerprint density at radius 3 is 2.02 bits per heavy atom. The first-order valence-electron chi connectivity index (χ1n) is 12.6. The normalized spacial score (nSPS) is 12.5. The SMILES string of the molecule is N#Cc1cc(C#N)cc(-c2ccc3c(c2)c2ccccc2n3-c2cccc3c2C(=O)N(c2ccccc2)C3=O)c1. The number of nitrogens with zero attached hydrogens (tertiary/aromatic N) is 4. The van der Waals surface area contributed by atoms with E-state index in [0.29, 0.717) is 33.6 Å². The molecule has 0 bridgehead atoms. The van der Waals surface area contributed by atoms with Crippen LogP contribution in [0.4, 0.5) is 5.69 Å². The molecule has 0 unspecified atom stereocenters. The predicted octanol–water partition coefficient (Wildman–Crippen LogP) is 6.99. The minimum absolute atomic E-state index is 0.346. The number of nitriles is 2. The third-order valence-electron chi connectivity index (χ3n) is 7.35. The van der Waals surface area contributed by atoms with E-state index in [1.54, 1.807) is 54.6 Å². The highest BCUT2D eigenvalue weighted by molar-refractivity contribution is 6.35. The Labute approximate surface area is 229 Å². The third-order valence-corrected chi connectivity index (χ3v) is 7.35. The van der Waals surface area contributed by atoms with Crippen LogP contribution in [0.2, 0.25) is 0 Å². The van der Waals surface area contributed by atoms with E-state index in [1.165, 1.54) is 4.90 Å². The molecule has 2 heterocycles. The maximum Gasteiger partial charge on any atom is 0.268 e. The predicted molar refractivity (Wildman–Crippen MR) is 153 cm³/mol. The summed E-state index contributed by atoms with van der Waals surface area (Å²) < 4.78 is 2.03. The van der Waals surface area contributed by atoms with Crippen molar-refractivity contribution in [2.75, 3.05) is 4.90 Å². The average Bonchev–Trinajstić information content (AvgIpc) is 3.47. The molecule has 186 valence electrons. The van der Waals surface area contributed by atoms with Gasteiger partial charge in [0.25, 0.3) is 11.8 Å². The summed E-state index contributed by atoms with van der Waals surface area (Å²) in [4.78, 5) is 28.4. The van der Waals surface area contributed by atoms with Crippen LogP contribution in [0.1, 0.15) is 31.8 Å². The van der Waals surface area contributed by atoms with Crippen molar-refractivity contribution in [1.29, 1.82) is 10.5 Å². The number of imide groups is 1. The van der Waals surface area contributed by atoms with Crippen molar-refractivity contribution in [2.24, 2.45) is 0 Å². The van der Waals surface area contributed by atoms with Crippen LogP contribution in [-0.2, 0) is 0 Å². The summed E-state index contributed by atoms with van der Waals surface area (Å²) in [5, 5.41) is 20.8. The van der Waals surface area contributed by atoms with Gasteiger partial charge in [0.15, 0.2) is 0 Å². The zero-order valence-corrected chi connectivity index (χ0v) is 21.0. The molecule has 0 aliphatic carbocycles. The summed E-state index contributed by atoms with van der Waals surface area (Å²) in [6.07, 6.45) is 0. The summed E-state index contributed by atoms with van der Waals surface area (Å²) >= 11 is 0. The molecule has 6 nitrogen and oxygen atoms in total. The Kier molecular flexibility index (Phi) is 5.10. The molecule has 2 amide bonds. The summed E-state index contributed by atoms with van der Waals surface area (Å²) in [5.74, 6) is -0.705. The van der Waals surface area contributed by atoms with Gasteiger partial charge in [-0.05, 0) is 71.8 Å².